The molecule has 0 aliphatic carbocycles. The maximum atomic E-state index is 13.6. The Hall–Kier alpha value is -1.89. The van der Waals surface area contributed by atoms with Crippen molar-refractivity contribution in [2.75, 3.05) is 7.11 Å². The summed E-state index contributed by atoms with van der Waals surface area (Å²) in [6, 6.07) is 1.30. The molecule has 0 atom stereocenters. The zero-order valence-corrected chi connectivity index (χ0v) is 10.3. The van der Waals surface area contributed by atoms with Crippen LogP contribution in [0.15, 0.2) is 17.5 Å². The Morgan fingerprint density at radius 1 is 1.16 bits per heavy atom. The minimum absolute atomic E-state index is 0.109. The van der Waals surface area contributed by atoms with Crippen molar-refractivity contribution in [1.82, 2.24) is 0 Å². The Kier molecular flexibility index (Phi) is 3.57. The first-order valence-electron chi connectivity index (χ1n) is 4.96. The van der Waals surface area contributed by atoms with E-state index >= 15 is 0 Å². The lowest BCUT2D eigenvalue weighted by Crippen LogP contribution is -2.04. The molecule has 2 aromatic rings. The van der Waals surface area contributed by atoms with Gasteiger partial charge in [0.05, 0.1) is 12.7 Å². The number of benzene rings is 1. The molecule has 1 aromatic carbocycles. The van der Waals surface area contributed by atoms with Gasteiger partial charge in [-0.05, 0) is 11.4 Å². The third-order valence-electron chi connectivity index (χ3n) is 2.42. The smallest absolute Gasteiger partial charge is 0.348 e. The summed E-state index contributed by atoms with van der Waals surface area (Å²) in [4.78, 5) is 11.3. The van der Waals surface area contributed by atoms with E-state index in [1.54, 1.807) is 0 Å². The Labute approximate surface area is 109 Å². The lowest BCUT2D eigenvalue weighted by Gasteiger charge is -2.07. The van der Waals surface area contributed by atoms with E-state index in [4.69, 9.17) is 0 Å². The van der Waals surface area contributed by atoms with E-state index in [9.17, 15) is 22.4 Å². The first-order valence-corrected chi connectivity index (χ1v) is 5.84. The van der Waals surface area contributed by atoms with Gasteiger partial charge in [-0.25, -0.2) is 22.4 Å². The summed E-state index contributed by atoms with van der Waals surface area (Å²) in [5.41, 5.74) is -1.16. The molecule has 2 rings (SSSR count). The van der Waals surface area contributed by atoms with E-state index in [0.29, 0.717) is 0 Å². The first-order chi connectivity index (χ1) is 8.97. The molecule has 0 radical (unpaired) electrons. The highest BCUT2D eigenvalue weighted by atomic mass is 32.1. The molecule has 1 aromatic heterocycles. The zero-order chi connectivity index (χ0) is 14.2. The molecule has 0 aliphatic heterocycles. The van der Waals surface area contributed by atoms with Gasteiger partial charge in [0, 0.05) is 11.6 Å². The number of halogens is 4. The summed E-state index contributed by atoms with van der Waals surface area (Å²) in [5, 5.41) is 1.36. The van der Waals surface area contributed by atoms with Crippen molar-refractivity contribution in [3.63, 3.8) is 0 Å². The van der Waals surface area contributed by atoms with Crippen molar-refractivity contribution in [2.24, 2.45) is 0 Å². The SMILES string of the molecule is COC(=O)c1sccc1-c1c(F)c(F)cc(F)c1F. The van der Waals surface area contributed by atoms with Gasteiger partial charge in [-0.2, -0.15) is 0 Å². The fourth-order valence-corrected chi connectivity index (χ4v) is 2.38. The van der Waals surface area contributed by atoms with Gasteiger partial charge < -0.3 is 4.74 Å². The predicted molar refractivity (Wildman–Crippen MR) is 60.9 cm³/mol. The first kappa shape index (κ1) is 13.5. The molecule has 100 valence electrons. The zero-order valence-electron chi connectivity index (χ0n) is 9.47. The molecular formula is C12H6F4O2S. The number of thiophene rings is 1. The number of rotatable bonds is 2. The lowest BCUT2D eigenvalue weighted by molar-refractivity contribution is 0.0607. The van der Waals surface area contributed by atoms with E-state index in [0.717, 1.165) is 18.4 Å². The fraction of sp³-hybridized carbons (Fsp3) is 0.0833. The summed E-state index contributed by atoms with van der Waals surface area (Å²) < 4.78 is 57.9. The maximum absolute atomic E-state index is 13.6. The van der Waals surface area contributed by atoms with Crippen LogP contribution in [0.1, 0.15) is 9.67 Å². The van der Waals surface area contributed by atoms with Crippen molar-refractivity contribution in [3.05, 3.63) is 45.7 Å². The van der Waals surface area contributed by atoms with Gasteiger partial charge in [-0.1, -0.05) is 0 Å². The third-order valence-corrected chi connectivity index (χ3v) is 3.31. The summed E-state index contributed by atoms with van der Waals surface area (Å²) in [7, 11) is 1.09. The molecule has 0 aliphatic rings. The lowest BCUT2D eigenvalue weighted by atomic mass is 10.0. The highest BCUT2D eigenvalue weighted by Crippen LogP contribution is 2.34. The summed E-state index contributed by atoms with van der Waals surface area (Å²) >= 11 is 0.853. The van der Waals surface area contributed by atoms with Crippen LogP contribution in [0.25, 0.3) is 11.1 Å². The highest BCUT2D eigenvalue weighted by Gasteiger charge is 2.25. The average molecular weight is 290 g/mol. The van der Waals surface area contributed by atoms with Crippen LogP contribution in [0.5, 0.6) is 0 Å². The summed E-state index contributed by atoms with van der Waals surface area (Å²) in [6.45, 7) is 0. The number of carbonyl (C=O) groups excluding carboxylic acids is 1. The van der Waals surface area contributed by atoms with Gasteiger partial charge in [0.25, 0.3) is 0 Å². The van der Waals surface area contributed by atoms with Gasteiger partial charge in [0.15, 0.2) is 23.3 Å². The minimum Gasteiger partial charge on any atom is -0.465 e. The van der Waals surface area contributed by atoms with Crippen LogP contribution in [0.4, 0.5) is 17.6 Å². The van der Waals surface area contributed by atoms with Crippen LogP contribution in [0.3, 0.4) is 0 Å². The molecule has 19 heavy (non-hydrogen) atoms. The van der Waals surface area contributed by atoms with Gasteiger partial charge >= 0.3 is 5.97 Å². The second kappa shape index (κ2) is 5.00. The monoisotopic (exact) mass is 290 g/mol. The molecule has 0 amide bonds. The standard InChI is InChI=1S/C12H6F4O2S/c1-18-12(17)11-5(2-3-19-11)8-9(15)6(13)4-7(14)10(8)16/h2-4H,1H3. The molecule has 0 saturated heterocycles. The topological polar surface area (TPSA) is 26.3 Å². The normalized spacial score (nSPS) is 10.6. The Balaban J connectivity index is 2.73. The van der Waals surface area contributed by atoms with Gasteiger partial charge in [0.2, 0.25) is 0 Å². The molecule has 7 heteroatoms. The number of carbonyl (C=O) groups is 1. The second-order valence-electron chi connectivity index (χ2n) is 3.50. The Morgan fingerprint density at radius 3 is 2.26 bits per heavy atom. The molecular weight excluding hydrogens is 284 g/mol. The van der Waals surface area contributed by atoms with Gasteiger partial charge in [-0.15, -0.1) is 11.3 Å². The summed E-state index contributed by atoms with van der Waals surface area (Å²) in [5.74, 6) is -7.01. The van der Waals surface area contributed by atoms with E-state index in [1.807, 2.05) is 0 Å². The molecule has 0 N–H and O–H groups in total. The molecule has 1 heterocycles. The van der Waals surface area contributed by atoms with E-state index in [-0.39, 0.29) is 16.5 Å². The van der Waals surface area contributed by atoms with E-state index in [1.165, 1.54) is 11.4 Å². The Bertz CT molecular complexity index is 625. The number of hydrogen-bond acceptors (Lipinski definition) is 3. The van der Waals surface area contributed by atoms with Crippen LogP contribution >= 0.6 is 11.3 Å². The summed E-state index contributed by atoms with van der Waals surface area (Å²) in [6.07, 6.45) is 0. The van der Waals surface area contributed by atoms with Crippen LogP contribution in [0, 0.1) is 23.3 Å². The molecule has 0 unspecified atom stereocenters. The van der Waals surface area contributed by atoms with Gasteiger partial charge in [-0.3, -0.25) is 0 Å². The Morgan fingerprint density at radius 2 is 1.74 bits per heavy atom. The van der Waals surface area contributed by atoms with Crippen molar-refractivity contribution in [3.8, 4) is 11.1 Å². The van der Waals surface area contributed by atoms with Crippen molar-refractivity contribution < 1.29 is 27.1 Å². The number of ether oxygens (including phenoxy) is 1. The quantitative estimate of drug-likeness (QED) is 0.478. The molecule has 0 spiro atoms. The van der Waals surface area contributed by atoms with Crippen molar-refractivity contribution in [1.29, 1.82) is 0 Å². The predicted octanol–water partition coefficient (Wildman–Crippen LogP) is 3.76. The van der Waals surface area contributed by atoms with E-state index in [2.05, 4.69) is 4.74 Å². The fourth-order valence-electron chi connectivity index (χ4n) is 1.57. The average Bonchev–Trinajstić information content (AvgIpc) is 2.85. The van der Waals surface area contributed by atoms with Crippen molar-refractivity contribution >= 4 is 17.3 Å². The largest absolute Gasteiger partial charge is 0.465 e. The van der Waals surface area contributed by atoms with Crippen LogP contribution < -0.4 is 0 Å². The molecule has 0 bridgehead atoms. The molecule has 0 fully saturated rings. The van der Waals surface area contributed by atoms with Crippen LogP contribution in [-0.4, -0.2) is 13.1 Å². The number of hydrogen-bond donors (Lipinski definition) is 0. The molecule has 2 nitrogen and oxygen atoms in total. The van der Waals surface area contributed by atoms with Crippen LogP contribution in [0.2, 0.25) is 0 Å². The maximum Gasteiger partial charge on any atom is 0.348 e. The van der Waals surface area contributed by atoms with Crippen LogP contribution in [-0.2, 0) is 4.74 Å². The highest BCUT2D eigenvalue weighted by molar-refractivity contribution is 7.12. The molecule has 0 saturated carbocycles. The van der Waals surface area contributed by atoms with Gasteiger partial charge in [0.1, 0.15) is 4.88 Å². The number of methoxy groups -OCH3 is 1. The minimum atomic E-state index is -1.55. The number of esters is 1. The van der Waals surface area contributed by atoms with E-state index < -0.39 is 34.8 Å². The van der Waals surface area contributed by atoms with Crippen molar-refractivity contribution in [2.45, 2.75) is 0 Å². The third kappa shape index (κ3) is 2.21. The second-order valence-corrected chi connectivity index (χ2v) is 4.41.